The smallest absolute Gasteiger partial charge is 0.306 e. The molecule has 0 rings (SSSR count). The van der Waals surface area contributed by atoms with Crippen LogP contribution in [0.3, 0.4) is 0 Å². The van der Waals surface area contributed by atoms with E-state index in [2.05, 4.69) is 44.2 Å². The van der Waals surface area contributed by atoms with Gasteiger partial charge in [0.1, 0.15) is 12.6 Å². The molecule has 0 fully saturated rings. The van der Waals surface area contributed by atoms with E-state index in [1.54, 1.807) is 21.1 Å². The molecule has 0 bridgehead atoms. The second kappa shape index (κ2) is 33.2. The van der Waals surface area contributed by atoms with Crippen molar-refractivity contribution in [2.45, 2.75) is 148 Å². The first-order valence-electron chi connectivity index (χ1n) is 19.4. The van der Waals surface area contributed by atoms with E-state index in [4.69, 9.17) is 14.2 Å². The van der Waals surface area contributed by atoms with Crippen LogP contribution in [0.4, 0.5) is 0 Å². The SMILES string of the molecule is CC/C=C/C=C/C=C/C=C/CCCCCCCC(=O)OC(COCCC(C(=O)[O-])[N+](C)(C)C)COC(=O)CCCCCCC/C=C/CCCC. The number of ether oxygens (including phenoxy) is 3. The number of allylic oxidation sites excluding steroid dienone is 10. The summed E-state index contributed by atoms with van der Waals surface area (Å²) in [6, 6.07) is -0.732. The van der Waals surface area contributed by atoms with Gasteiger partial charge in [-0.15, -0.1) is 0 Å². The molecule has 0 aliphatic rings. The number of likely N-dealkylation sites (N-methyl/N-ethyl adjacent to an activating group) is 1. The van der Waals surface area contributed by atoms with Crippen LogP contribution < -0.4 is 5.11 Å². The summed E-state index contributed by atoms with van der Waals surface area (Å²) < 4.78 is 17.0. The van der Waals surface area contributed by atoms with Crippen LogP contribution in [0.2, 0.25) is 0 Å². The Morgan fingerprint density at radius 1 is 0.620 bits per heavy atom. The van der Waals surface area contributed by atoms with Gasteiger partial charge in [0.15, 0.2) is 6.10 Å². The summed E-state index contributed by atoms with van der Waals surface area (Å²) >= 11 is 0. The summed E-state index contributed by atoms with van der Waals surface area (Å²) in [6.07, 6.45) is 38.1. The maximum Gasteiger partial charge on any atom is 0.306 e. The quantitative estimate of drug-likeness (QED) is 0.0222. The van der Waals surface area contributed by atoms with Gasteiger partial charge >= 0.3 is 11.9 Å². The van der Waals surface area contributed by atoms with E-state index in [0.29, 0.717) is 12.8 Å². The van der Waals surface area contributed by atoms with Gasteiger partial charge in [0.2, 0.25) is 0 Å². The van der Waals surface area contributed by atoms with E-state index in [-0.39, 0.29) is 42.7 Å². The highest BCUT2D eigenvalue weighted by atomic mass is 16.6. The highest BCUT2D eigenvalue weighted by Crippen LogP contribution is 2.12. The first-order valence-corrected chi connectivity index (χ1v) is 19.4. The lowest BCUT2D eigenvalue weighted by molar-refractivity contribution is -0.889. The number of hydrogen-bond acceptors (Lipinski definition) is 7. The van der Waals surface area contributed by atoms with Crippen molar-refractivity contribution >= 4 is 17.9 Å². The number of hydrogen-bond donors (Lipinski definition) is 0. The van der Waals surface area contributed by atoms with Crippen LogP contribution in [0.1, 0.15) is 136 Å². The van der Waals surface area contributed by atoms with Gasteiger partial charge in [-0.2, -0.15) is 0 Å². The maximum absolute atomic E-state index is 12.6. The first kappa shape index (κ1) is 47.0. The molecule has 0 saturated heterocycles. The van der Waals surface area contributed by atoms with Crippen LogP contribution in [-0.2, 0) is 28.6 Å². The molecule has 0 aromatic carbocycles. The Bertz CT molecular complexity index is 1010. The minimum Gasteiger partial charge on any atom is -0.544 e. The largest absolute Gasteiger partial charge is 0.544 e. The van der Waals surface area contributed by atoms with Gasteiger partial charge in [-0.25, -0.2) is 0 Å². The number of nitrogens with zero attached hydrogens (tertiary/aromatic N) is 1. The van der Waals surface area contributed by atoms with Crippen LogP contribution in [0.5, 0.6) is 0 Å². The zero-order chi connectivity index (χ0) is 37.1. The Kier molecular flexibility index (Phi) is 31.2. The van der Waals surface area contributed by atoms with Crippen molar-refractivity contribution in [3.05, 3.63) is 60.8 Å². The average Bonchev–Trinajstić information content (AvgIpc) is 3.06. The van der Waals surface area contributed by atoms with Crippen molar-refractivity contribution in [2.75, 3.05) is 41.0 Å². The number of quaternary nitrogens is 1. The van der Waals surface area contributed by atoms with Crippen molar-refractivity contribution in [2.24, 2.45) is 0 Å². The van der Waals surface area contributed by atoms with Gasteiger partial charge < -0.3 is 28.6 Å². The lowest BCUT2D eigenvalue weighted by Crippen LogP contribution is -2.55. The lowest BCUT2D eigenvalue weighted by atomic mass is 10.1. The van der Waals surface area contributed by atoms with Gasteiger partial charge in [0.05, 0.1) is 40.3 Å². The predicted molar refractivity (Wildman–Crippen MR) is 203 cm³/mol. The van der Waals surface area contributed by atoms with Crippen LogP contribution in [0.15, 0.2) is 60.8 Å². The second-order valence-corrected chi connectivity index (χ2v) is 13.9. The molecule has 2 unspecified atom stereocenters. The van der Waals surface area contributed by atoms with Gasteiger partial charge in [0.25, 0.3) is 0 Å². The Balaban J connectivity index is 4.49. The zero-order valence-corrected chi connectivity index (χ0v) is 32.3. The van der Waals surface area contributed by atoms with E-state index in [1.807, 2.05) is 30.4 Å². The normalized spacial score (nSPS) is 13.7. The fraction of sp³-hybridized carbons (Fsp3) is 0.690. The molecule has 286 valence electrons. The van der Waals surface area contributed by atoms with E-state index >= 15 is 0 Å². The fourth-order valence-corrected chi connectivity index (χ4v) is 5.18. The Morgan fingerprint density at radius 3 is 1.72 bits per heavy atom. The standard InChI is InChI=1S/C42H71NO7/c1-6-8-10-12-14-16-18-19-20-21-23-25-27-29-31-33-41(45)50-38(36-48-35-34-39(42(46)47)43(3,4)5)37-49-40(44)32-30-28-26-24-22-17-15-13-11-9-7-2/h8,10,12-16,18-20,38-39H,6-7,9,11,17,21-37H2,1-5H3/b10-8+,14-12+,15-13+,18-16+,20-19+. The maximum atomic E-state index is 12.6. The number of aliphatic carboxylic acids is 1. The third-order valence-corrected chi connectivity index (χ3v) is 8.23. The number of carbonyl (C=O) groups excluding carboxylic acids is 3. The number of carboxylic acid groups (broad SMARTS) is 1. The number of carboxylic acids is 1. The summed E-state index contributed by atoms with van der Waals surface area (Å²) in [5.41, 5.74) is 0. The average molecular weight is 702 g/mol. The third-order valence-electron chi connectivity index (χ3n) is 8.23. The van der Waals surface area contributed by atoms with Gasteiger partial charge in [-0.1, -0.05) is 126 Å². The minimum atomic E-state index is -1.13. The molecule has 50 heavy (non-hydrogen) atoms. The molecular weight excluding hydrogens is 630 g/mol. The van der Waals surface area contributed by atoms with Crippen molar-refractivity contribution in [1.29, 1.82) is 0 Å². The Morgan fingerprint density at radius 2 is 1.14 bits per heavy atom. The summed E-state index contributed by atoms with van der Waals surface area (Å²) in [7, 11) is 5.38. The summed E-state index contributed by atoms with van der Waals surface area (Å²) in [5, 5.41) is 11.6. The van der Waals surface area contributed by atoms with E-state index in [1.165, 1.54) is 25.7 Å². The van der Waals surface area contributed by atoms with E-state index < -0.39 is 18.1 Å². The topological polar surface area (TPSA) is 102 Å². The molecule has 0 amide bonds. The molecule has 8 heteroatoms. The zero-order valence-electron chi connectivity index (χ0n) is 32.3. The molecule has 0 aromatic rings. The molecule has 0 N–H and O–H groups in total. The molecule has 0 aromatic heterocycles. The molecule has 0 radical (unpaired) electrons. The van der Waals surface area contributed by atoms with Crippen LogP contribution in [-0.4, -0.2) is 75.5 Å². The number of esters is 2. The number of rotatable bonds is 33. The highest BCUT2D eigenvalue weighted by Gasteiger charge is 2.25. The predicted octanol–water partition coefficient (Wildman–Crippen LogP) is 8.52. The van der Waals surface area contributed by atoms with Crippen molar-refractivity contribution in [3.63, 3.8) is 0 Å². The summed E-state index contributed by atoms with van der Waals surface area (Å²) in [6.45, 7) is 4.42. The van der Waals surface area contributed by atoms with Gasteiger partial charge in [-0.3, -0.25) is 9.59 Å². The van der Waals surface area contributed by atoms with Crippen molar-refractivity contribution in [1.82, 2.24) is 0 Å². The first-order chi connectivity index (χ1) is 24.1. The van der Waals surface area contributed by atoms with E-state index in [0.717, 1.165) is 77.0 Å². The molecule has 0 aliphatic carbocycles. The third kappa shape index (κ3) is 31.0. The Hall–Kier alpha value is -2.97. The van der Waals surface area contributed by atoms with Crippen molar-refractivity contribution in [3.8, 4) is 0 Å². The molecule has 0 heterocycles. The summed E-state index contributed by atoms with van der Waals surface area (Å²) in [5.74, 6) is -1.79. The van der Waals surface area contributed by atoms with Crippen LogP contribution in [0, 0.1) is 0 Å². The molecule has 0 saturated carbocycles. The van der Waals surface area contributed by atoms with Crippen molar-refractivity contribution < 1.29 is 38.2 Å². The monoisotopic (exact) mass is 702 g/mol. The lowest BCUT2D eigenvalue weighted by Gasteiger charge is -2.34. The number of unbranched alkanes of at least 4 members (excludes halogenated alkanes) is 12. The fourth-order valence-electron chi connectivity index (χ4n) is 5.18. The molecule has 2 atom stereocenters. The number of carbonyl (C=O) groups is 3. The summed E-state index contributed by atoms with van der Waals surface area (Å²) in [4.78, 5) is 36.6. The highest BCUT2D eigenvalue weighted by molar-refractivity contribution is 5.70. The Labute approximate surface area is 305 Å². The second-order valence-electron chi connectivity index (χ2n) is 13.9. The molecule has 0 spiro atoms. The van der Waals surface area contributed by atoms with Crippen LogP contribution >= 0.6 is 0 Å². The van der Waals surface area contributed by atoms with E-state index in [9.17, 15) is 19.5 Å². The molecular formula is C42H71NO7. The minimum absolute atomic E-state index is 0.0255. The van der Waals surface area contributed by atoms with Gasteiger partial charge in [-0.05, 0) is 51.4 Å². The molecule has 8 nitrogen and oxygen atoms in total. The van der Waals surface area contributed by atoms with Crippen LogP contribution in [0.25, 0.3) is 0 Å². The van der Waals surface area contributed by atoms with Gasteiger partial charge in [0, 0.05) is 19.3 Å². The molecule has 0 aliphatic heterocycles.